The Balaban J connectivity index is 0.000000637. The summed E-state index contributed by atoms with van der Waals surface area (Å²) in [5.41, 5.74) is 5.09. The molecule has 1 aliphatic heterocycles. The molecule has 0 aliphatic carbocycles. The van der Waals surface area contributed by atoms with Crippen LogP contribution in [0, 0.1) is 6.92 Å². The van der Waals surface area contributed by atoms with E-state index in [-0.39, 0.29) is 5.91 Å². The average molecular weight is 254 g/mol. The van der Waals surface area contributed by atoms with Crippen LogP contribution in [0.25, 0.3) is 11.1 Å². The number of benzene rings is 1. The molecule has 0 saturated carbocycles. The number of aryl methyl sites for hydroxylation is 1. The highest BCUT2D eigenvalue weighted by molar-refractivity contribution is 5.98. The van der Waals surface area contributed by atoms with E-state index in [1.807, 2.05) is 45.0 Å². The molecule has 0 unspecified atom stereocenters. The Labute approximate surface area is 113 Å². The van der Waals surface area contributed by atoms with E-state index in [1.165, 1.54) is 0 Å². The Morgan fingerprint density at radius 1 is 1.16 bits per heavy atom. The minimum Gasteiger partial charge on any atom is -0.348 e. The predicted molar refractivity (Wildman–Crippen MR) is 76.9 cm³/mol. The standard InChI is InChI=1S/C14H12N2O.C2H6/c1-9-12(3-2-6-15-9)10-4-5-13-11(7-10)8-16-14(13)17;1-2/h2-7H,8H2,1H3,(H,16,17);1-2H3. The molecule has 0 saturated heterocycles. The van der Waals surface area contributed by atoms with Crippen molar-refractivity contribution >= 4 is 5.91 Å². The number of carbonyl (C=O) groups is 1. The van der Waals surface area contributed by atoms with Crippen molar-refractivity contribution < 1.29 is 4.79 Å². The van der Waals surface area contributed by atoms with E-state index >= 15 is 0 Å². The van der Waals surface area contributed by atoms with E-state index in [0.29, 0.717) is 6.54 Å². The van der Waals surface area contributed by atoms with Crippen molar-refractivity contribution in [2.24, 2.45) is 0 Å². The maximum atomic E-state index is 11.5. The van der Waals surface area contributed by atoms with Crippen molar-refractivity contribution in [3.63, 3.8) is 0 Å². The van der Waals surface area contributed by atoms with Crippen LogP contribution < -0.4 is 5.32 Å². The van der Waals surface area contributed by atoms with Crippen molar-refractivity contribution in [1.29, 1.82) is 0 Å². The molecule has 3 nitrogen and oxygen atoms in total. The van der Waals surface area contributed by atoms with Crippen molar-refractivity contribution in [1.82, 2.24) is 10.3 Å². The zero-order valence-electron chi connectivity index (χ0n) is 11.5. The predicted octanol–water partition coefficient (Wildman–Crippen LogP) is 3.33. The largest absolute Gasteiger partial charge is 0.348 e. The highest BCUT2D eigenvalue weighted by Crippen LogP contribution is 2.26. The molecule has 3 heteroatoms. The first-order valence-corrected chi connectivity index (χ1v) is 6.59. The molecule has 0 fully saturated rings. The van der Waals surface area contributed by atoms with Crippen LogP contribution in [0.15, 0.2) is 36.5 Å². The van der Waals surface area contributed by atoms with Crippen LogP contribution in [0.1, 0.15) is 35.5 Å². The Morgan fingerprint density at radius 2 is 1.95 bits per heavy atom. The number of pyridine rings is 1. The maximum absolute atomic E-state index is 11.5. The first kappa shape index (κ1) is 13.3. The summed E-state index contributed by atoms with van der Waals surface area (Å²) in [5.74, 6) is 0.0226. The SMILES string of the molecule is CC.Cc1ncccc1-c1ccc2c(c1)CNC2=O. The number of hydrogen-bond donors (Lipinski definition) is 1. The minimum absolute atomic E-state index is 0.0226. The number of amides is 1. The van der Waals surface area contributed by atoms with Gasteiger partial charge in [0.15, 0.2) is 0 Å². The van der Waals surface area contributed by atoms with Crippen LogP contribution in [0.4, 0.5) is 0 Å². The Morgan fingerprint density at radius 3 is 2.68 bits per heavy atom. The number of rotatable bonds is 1. The first-order chi connectivity index (χ1) is 9.25. The van der Waals surface area contributed by atoms with Crippen LogP contribution >= 0.6 is 0 Å². The molecule has 19 heavy (non-hydrogen) atoms. The van der Waals surface area contributed by atoms with Gasteiger partial charge in [-0.25, -0.2) is 0 Å². The first-order valence-electron chi connectivity index (χ1n) is 6.59. The zero-order chi connectivity index (χ0) is 13.8. The quantitative estimate of drug-likeness (QED) is 0.848. The minimum atomic E-state index is 0.0226. The molecule has 2 aromatic rings. The molecule has 1 aromatic heterocycles. The van der Waals surface area contributed by atoms with Gasteiger partial charge in [-0.2, -0.15) is 0 Å². The number of nitrogens with zero attached hydrogens (tertiary/aromatic N) is 1. The van der Waals surface area contributed by atoms with Gasteiger partial charge in [0, 0.05) is 29.6 Å². The summed E-state index contributed by atoms with van der Waals surface area (Å²) < 4.78 is 0. The normalized spacial score (nSPS) is 12.3. The third-order valence-electron chi connectivity index (χ3n) is 3.11. The summed E-state index contributed by atoms with van der Waals surface area (Å²) in [6.07, 6.45) is 1.79. The highest BCUT2D eigenvalue weighted by atomic mass is 16.1. The number of nitrogens with one attached hydrogen (secondary N) is 1. The molecule has 0 bridgehead atoms. The Bertz CT molecular complexity index is 605. The van der Waals surface area contributed by atoms with Gasteiger partial charge in [-0.15, -0.1) is 0 Å². The fourth-order valence-electron chi connectivity index (χ4n) is 2.19. The lowest BCUT2D eigenvalue weighted by Crippen LogP contribution is -2.12. The Hall–Kier alpha value is -2.16. The number of aromatic nitrogens is 1. The van der Waals surface area contributed by atoms with Crippen molar-refractivity contribution in [2.75, 3.05) is 0 Å². The number of hydrogen-bond acceptors (Lipinski definition) is 2. The van der Waals surface area contributed by atoms with Crippen molar-refractivity contribution in [2.45, 2.75) is 27.3 Å². The second-order valence-corrected chi connectivity index (χ2v) is 4.19. The van der Waals surface area contributed by atoms with Crippen molar-refractivity contribution in [3.05, 3.63) is 53.3 Å². The molecule has 1 aromatic carbocycles. The molecule has 1 N–H and O–H groups in total. The van der Waals surface area contributed by atoms with E-state index in [2.05, 4.69) is 16.4 Å². The van der Waals surface area contributed by atoms with Gasteiger partial charge < -0.3 is 5.32 Å². The third kappa shape index (κ3) is 2.50. The third-order valence-corrected chi connectivity index (χ3v) is 3.11. The molecular weight excluding hydrogens is 236 g/mol. The van der Waals surface area contributed by atoms with Gasteiger partial charge in [-0.1, -0.05) is 26.0 Å². The lowest BCUT2D eigenvalue weighted by molar-refractivity contribution is 0.0966. The molecule has 1 amide bonds. The topological polar surface area (TPSA) is 42.0 Å². The lowest BCUT2D eigenvalue weighted by Gasteiger charge is -2.06. The molecule has 98 valence electrons. The summed E-state index contributed by atoms with van der Waals surface area (Å²) in [6, 6.07) is 9.91. The zero-order valence-corrected chi connectivity index (χ0v) is 11.5. The van der Waals surface area contributed by atoms with E-state index in [1.54, 1.807) is 6.20 Å². The van der Waals surface area contributed by atoms with Gasteiger partial charge in [0.2, 0.25) is 0 Å². The molecule has 2 heterocycles. The molecule has 1 aliphatic rings. The van der Waals surface area contributed by atoms with Crippen LogP contribution in [0.5, 0.6) is 0 Å². The maximum Gasteiger partial charge on any atom is 0.251 e. The summed E-state index contributed by atoms with van der Waals surface area (Å²) >= 11 is 0. The molecule has 0 radical (unpaired) electrons. The summed E-state index contributed by atoms with van der Waals surface area (Å²) in [4.78, 5) is 15.7. The van der Waals surface area contributed by atoms with Crippen molar-refractivity contribution in [3.8, 4) is 11.1 Å². The molecule has 0 atom stereocenters. The van der Waals surface area contributed by atoms with E-state index < -0.39 is 0 Å². The van der Waals surface area contributed by atoms with E-state index in [9.17, 15) is 4.79 Å². The van der Waals surface area contributed by atoms with Gasteiger partial charge in [0.05, 0.1) is 0 Å². The van der Waals surface area contributed by atoms with Crippen LogP contribution in [0.2, 0.25) is 0 Å². The van der Waals surface area contributed by atoms with Gasteiger partial charge >= 0.3 is 0 Å². The monoisotopic (exact) mass is 254 g/mol. The molecule has 0 spiro atoms. The lowest BCUT2D eigenvalue weighted by atomic mass is 10.00. The van der Waals surface area contributed by atoms with Crippen LogP contribution in [0.3, 0.4) is 0 Å². The smallest absolute Gasteiger partial charge is 0.251 e. The molecular formula is C16H18N2O. The Kier molecular flexibility index (Phi) is 3.95. The van der Waals surface area contributed by atoms with Gasteiger partial charge in [-0.3, -0.25) is 9.78 Å². The average Bonchev–Trinajstić information content (AvgIpc) is 2.83. The second kappa shape index (κ2) is 5.65. The van der Waals surface area contributed by atoms with Gasteiger partial charge in [-0.05, 0) is 36.2 Å². The van der Waals surface area contributed by atoms with Gasteiger partial charge in [0.25, 0.3) is 5.91 Å². The highest BCUT2D eigenvalue weighted by Gasteiger charge is 2.18. The molecule has 3 rings (SSSR count). The summed E-state index contributed by atoms with van der Waals surface area (Å²) in [6.45, 7) is 6.62. The second-order valence-electron chi connectivity index (χ2n) is 4.19. The number of carbonyl (C=O) groups excluding carboxylic acids is 1. The summed E-state index contributed by atoms with van der Waals surface area (Å²) in [5, 5.41) is 2.82. The van der Waals surface area contributed by atoms with Gasteiger partial charge in [0.1, 0.15) is 0 Å². The van der Waals surface area contributed by atoms with E-state index in [0.717, 1.165) is 27.9 Å². The summed E-state index contributed by atoms with van der Waals surface area (Å²) in [7, 11) is 0. The fraction of sp³-hybridized carbons (Fsp3) is 0.250. The van der Waals surface area contributed by atoms with Crippen LogP contribution in [-0.2, 0) is 6.54 Å². The fourth-order valence-corrected chi connectivity index (χ4v) is 2.19. The number of fused-ring (bicyclic) bond motifs is 1. The van der Waals surface area contributed by atoms with Crippen LogP contribution in [-0.4, -0.2) is 10.9 Å². The van der Waals surface area contributed by atoms with E-state index in [4.69, 9.17) is 0 Å².